The molecule has 0 bridgehead atoms. The van der Waals surface area contributed by atoms with Gasteiger partial charge in [-0.05, 0) is 20.0 Å². The Morgan fingerprint density at radius 1 is 1.39 bits per heavy atom. The minimum Gasteiger partial charge on any atom is -0.340 e. The van der Waals surface area contributed by atoms with E-state index in [2.05, 4.69) is 5.32 Å². The van der Waals surface area contributed by atoms with E-state index in [0.29, 0.717) is 19.0 Å². The van der Waals surface area contributed by atoms with Gasteiger partial charge in [-0.3, -0.25) is 4.79 Å². The second-order valence-electron chi connectivity index (χ2n) is 5.03. The largest absolute Gasteiger partial charge is 0.401 e. The maximum absolute atomic E-state index is 11.9. The molecule has 1 aliphatic heterocycles. The molecule has 1 heterocycles. The van der Waals surface area contributed by atoms with E-state index < -0.39 is 12.7 Å². The van der Waals surface area contributed by atoms with Crippen LogP contribution >= 0.6 is 0 Å². The van der Waals surface area contributed by atoms with Crippen LogP contribution in [0.25, 0.3) is 0 Å². The first kappa shape index (κ1) is 15.2. The zero-order chi connectivity index (χ0) is 13.9. The topological polar surface area (TPSA) is 35.6 Å². The van der Waals surface area contributed by atoms with Crippen LogP contribution in [0.2, 0.25) is 0 Å². The first-order chi connectivity index (χ1) is 8.20. The van der Waals surface area contributed by atoms with Crippen molar-refractivity contribution in [3.05, 3.63) is 0 Å². The molecular formula is C11H20F3N3O. The van der Waals surface area contributed by atoms with E-state index >= 15 is 0 Å². The quantitative estimate of drug-likeness (QED) is 0.808. The molecule has 0 aromatic carbocycles. The lowest BCUT2D eigenvalue weighted by atomic mass is 10.1. The Kier molecular flexibility index (Phi) is 4.98. The second kappa shape index (κ2) is 5.88. The standard InChI is InChI=1S/C11H20F3N3O/c1-8-5-17(6-9(8)16(2)3)10(18)4-15-7-11(12,13)14/h8-9,15H,4-7H2,1-3H3. The predicted octanol–water partition coefficient (Wildman–Crippen LogP) is 0.547. The van der Waals surface area contributed by atoms with Crippen LogP contribution in [0.3, 0.4) is 0 Å². The highest BCUT2D eigenvalue weighted by Crippen LogP contribution is 2.19. The molecule has 1 fully saturated rings. The van der Waals surface area contributed by atoms with Gasteiger partial charge >= 0.3 is 6.18 Å². The summed E-state index contributed by atoms with van der Waals surface area (Å²) in [5.74, 6) is 0.0713. The third-order valence-electron chi connectivity index (χ3n) is 3.19. The van der Waals surface area contributed by atoms with Gasteiger partial charge in [-0.25, -0.2) is 0 Å². The molecular weight excluding hydrogens is 247 g/mol. The number of nitrogens with one attached hydrogen (secondary N) is 1. The van der Waals surface area contributed by atoms with Crippen molar-refractivity contribution in [2.75, 3.05) is 40.3 Å². The minimum atomic E-state index is -4.27. The number of hydrogen-bond donors (Lipinski definition) is 1. The van der Waals surface area contributed by atoms with Gasteiger partial charge in [0.2, 0.25) is 5.91 Å². The van der Waals surface area contributed by atoms with Gasteiger partial charge in [-0.15, -0.1) is 0 Å². The number of alkyl halides is 3. The van der Waals surface area contributed by atoms with Crippen molar-refractivity contribution in [2.45, 2.75) is 19.1 Å². The molecule has 106 valence electrons. The Morgan fingerprint density at radius 2 is 2.00 bits per heavy atom. The number of nitrogens with zero attached hydrogens (tertiary/aromatic N) is 2. The fourth-order valence-corrected chi connectivity index (χ4v) is 2.25. The van der Waals surface area contributed by atoms with E-state index in [4.69, 9.17) is 0 Å². The molecule has 0 spiro atoms. The molecule has 0 aliphatic carbocycles. The molecule has 1 N–H and O–H groups in total. The number of rotatable bonds is 4. The average molecular weight is 267 g/mol. The lowest BCUT2D eigenvalue weighted by molar-refractivity contribution is -0.133. The van der Waals surface area contributed by atoms with Crippen LogP contribution in [-0.4, -0.2) is 68.2 Å². The summed E-state index contributed by atoms with van der Waals surface area (Å²) in [4.78, 5) is 15.4. The van der Waals surface area contributed by atoms with Crippen molar-refractivity contribution in [3.63, 3.8) is 0 Å². The number of carbonyl (C=O) groups excluding carboxylic acids is 1. The van der Waals surface area contributed by atoms with Gasteiger partial charge in [0.25, 0.3) is 0 Å². The highest BCUT2D eigenvalue weighted by Gasteiger charge is 2.34. The highest BCUT2D eigenvalue weighted by molar-refractivity contribution is 5.78. The number of likely N-dealkylation sites (N-methyl/N-ethyl adjacent to an activating group) is 1. The molecule has 2 unspecified atom stereocenters. The molecule has 7 heteroatoms. The highest BCUT2D eigenvalue weighted by atomic mass is 19.4. The minimum absolute atomic E-state index is 0.258. The summed E-state index contributed by atoms with van der Waals surface area (Å²) in [6.07, 6.45) is -4.27. The van der Waals surface area contributed by atoms with Crippen LogP contribution in [0.1, 0.15) is 6.92 Å². The molecule has 1 saturated heterocycles. The molecule has 0 aromatic rings. The Hall–Kier alpha value is -0.820. The molecule has 2 atom stereocenters. The van der Waals surface area contributed by atoms with E-state index in [0.717, 1.165) is 0 Å². The van der Waals surface area contributed by atoms with E-state index in [1.165, 1.54) is 0 Å². The summed E-state index contributed by atoms with van der Waals surface area (Å²) >= 11 is 0. The molecule has 0 saturated carbocycles. The molecule has 4 nitrogen and oxygen atoms in total. The summed E-state index contributed by atoms with van der Waals surface area (Å²) in [6, 6.07) is 0.275. The van der Waals surface area contributed by atoms with Crippen LogP contribution in [0.5, 0.6) is 0 Å². The maximum atomic E-state index is 11.9. The number of halogens is 3. The lowest BCUT2D eigenvalue weighted by Crippen LogP contribution is -2.41. The third kappa shape index (κ3) is 4.45. The summed E-state index contributed by atoms with van der Waals surface area (Å²) in [5, 5.41) is 2.13. The summed E-state index contributed by atoms with van der Waals surface area (Å²) in [6.45, 7) is 1.85. The van der Waals surface area contributed by atoms with Gasteiger partial charge in [0.1, 0.15) is 0 Å². The first-order valence-electron chi connectivity index (χ1n) is 5.92. The van der Waals surface area contributed by atoms with Crippen LogP contribution in [0.15, 0.2) is 0 Å². The Labute approximate surface area is 105 Å². The second-order valence-corrected chi connectivity index (χ2v) is 5.03. The summed E-state index contributed by atoms with van der Waals surface area (Å²) in [7, 11) is 3.88. The van der Waals surface area contributed by atoms with Crippen LogP contribution in [0, 0.1) is 5.92 Å². The Bertz CT molecular complexity index is 294. The average Bonchev–Trinajstić information content (AvgIpc) is 2.58. The van der Waals surface area contributed by atoms with Crippen LogP contribution < -0.4 is 5.32 Å². The van der Waals surface area contributed by atoms with Gasteiger partial charge in [-0.1, -0.05) is 6.92 Å². The number of likely N-dealkylation sites (tertiary alicyclic amines) is 1. The predicted molar refractivity (Wildman–Crippen MR) is 62.1 cm³/mol. The fourth-order valence-electron chi connectivity index (χ4n) is 2.25. The molecule has 0 aromatic heterocycles. The maximum Gasteiger partial charge on any atom is 0.401 e. The van der Waals surface area contributed by atoms with Crippen molar-refractivity contribution in [2.24, 2.45) is 5.92 Å². The summed E-state index contributed by atoms with van der Waals surface area (Å²) < 4.78 is 35.8. The summed E-state index contributed by atoms with van der Waals surface area (Å²) in [5.41, 5.74) is 0. The Morgan fingerprint density at radius 3 is 2.44 bits per heavy atom. The SMILES string of the molecule is CC1CN(C(=O)CNCC(F)(F)F)CC1N(C)C. The van der Waals surface area contributed by atoms with E-state index in [-0.39, 0.29) is 18.5 Å². The van der Waals surface area contributed by atoms with Crippen molar-refractivity contribution in [1.82, 2.24) is 15.1 Å². The van der Waals surface area contributed by atoms with Gasteiger partial charge in [0, 0.05) is 19.1 Å². The van der Waals surface area contributed by atoms with E-state index in [1.807, 2.05) is 25.9 Å². The lowest BCUT2D eigenvalue weighted by Gasteiger charge is -2.22. The molecule has 1 aliphatic rings. The molecule has 0 radical (unpaired) electrons. The van der Waals surface area contributed by atoms with Crippen molar-refractivity contribution in [1.29, 1.82) is 0 Å². The van der Waals surface area contributed by atoms with Gasteiger partial charge in [-0.2, -0.15) is 13.2 Å². The van der Waals surface area contributed by atoms with Gasteiger partial charge < -0.3 is 15.1 Å². The normalized spacial score (nSPS) is 24.9. The van der Waals surface area contributed by atoms with Crippen molar-refractivity contribution >= 4 is 5.91 Å². The van der Waals surface area contributed by atoms with Crippen LogP contribution in [-0.2, 0) is 4.79 Å². The van der Waals surface area contributed by atoms with Crippen LogP contribution in [0.4, 0.5) is 13.2 Å². The number of hydrogen-bond acceptors (Lipinski definition) is 3. The fraction of sp³-hybridized carbons (Fsp3) is 0.909. The third-order valence-corrected chi connectivity index (χ3v) is 3.19. The smallest absolute Gasteiger partial charge is 0.340 e. The van der Waals surface area contributed by atoms with Crippen molar-refractivity contribution < 1.29 is 18.0 Å². The molecule has 1 rings (SSSR count). The van der Waals surface area contributed by atoms with Crippen molar-refractivity contribution in [3.8, 4) is 0 Å². The monoisotopic (exact) mass is 267 g/mol. The number of carbonyl (C=O) groups is 1. The van der Waals surface area contributed by atoms with Gasteiger partial charge in [0.15, 0.2) is 0 Å². The van der Waals surface area contributed by atoms with E-state index in [1.54, 1.807) is 4.90 Å². The molecule has 1 amide bonds. The number of amides is 1. The first-order valence-corrected chi connectivity index (χ1v) is 5.92. The van der Waals surface area contributed by atoms with Gasteiger partial charge in [0.05, 0.1) is 13.1 Å². The zero-order valence-corrected chi connectivity index (χ0v) is 10.9. The Balaban J connectivity index is 2.36. The molecule has 18 heavy (non-hydrogen) atoms. The zero-order valence-electron chi connectivity index (χ0n) is 10.9. The van der Waals surface area contributed by atoms with E-state index in [9.17, 15) is 18.0 Å².